The van der Waals surface area contributed by atoms with Gasteiger partial charge in [0.25, 0.3) is 0 Å². The molecule has 0 amide bonds. The van der Waals surface area contributed by atoms with E-state index in [0.29, 0.717) is 11.8 Å². The van der Waals surface area contributed by atoms with E-state index in [2.05, 4.69) is 48.3 Å². The van der Waals surface area contributed by atoms with Crippen LogP contribution < -0.4 is 0 Å². The van der Waals surface area contributed by atoms with Crippen LogP contribution in [0.15, 0.2) is 60.7 Å². The molecule has 3 aromatic rings. The maximum Gasteiger partial charge on any atom is 0.123 e. The van der Waals surface area contributed by atoms with Crippen LogP contribution in [0.3, 0.4) is 0 Å². The van der Waals surface area contributed by atoms with Gasteiger partial charge in [0.05, 0.1) is 0 Å². The fourth-order valence-electron chi connectivity index (χ4n) is 4.60. The lowest BCUT2D eigenvalue weighted by molar-refractivity contribution is 0.228. The predicted octanol–water partition coefficient (Wildman–Crippen LogP) is 4.81. The van der Waals surface area contributed by atoms with Gasteiger partial charge in [-0.15, -0.1) is 0 Å². The third kappa shape index (κ3) is 2.14. The highest BCUT2D eigenvalue weighted by Gasteiger charge is 2.33. The lowest BCUT2D eigenvalue weighted by Gasteiger charge is -2.40. The molecule has 0 radical (unpaired) electrons. The third-order valence-electron chi connectivity index (χ3n) is 5.82. The van der Waals surface area contributed by atoms with E-state index in [9.17, 15) is 5.11 Å². The molecule has 2 nitrogen and oxygen atoms in total. The zero-order valence-electron chi connectivity index (χ0n) is 14.4. The summed E-state index contributed by atoms with van der Waals surface area (Å²) in [6.45, 7) is 1.12. The van der Waals surface area contributed by atoms with Gasteiger partial charge in [-0.25, -0.2) is 0 Å². The maximum absolute atomic E-state index is 10.4. The number of rotatable bonds is 1. The quantitative estimate of drug-likeness (QED) is 0.693. The molecule has 0 aromatic heterocycles. The Morgan fingerprint density at radius 1 is 0.840 bits per heavy atom. The Bertz CT molecular complexity index is 976. The fourth-order valence-corrected chi connectivity index (χ4v) is 4.60. The lowest BCUT2D eigenvalue weighted by Crippen LogP contribution is -2.35. The highest BCUT2D eigenvalue weighted by atomic mass is 16.3. The molecule has 0 bridgehead atoms. The highest BCUT2D eigenvalue weighted by molar-refractivity contribution is 5.90. The average molecular weight is 327 g/mol. The molecule has 0 fully saturated rings. The average Bonchev–Trinajstić information content (AvgIpc) is 2.64. The number of likely N-dealkylation sites (N-methyl/N-ethyl adjacent to an activating group) is 1. The minimum absolute atomic E-state index is 0.347. The van der Waals surface area contributed by atoms with Crippen LogP contribution in [0.2, 0.25) is 0 Å². The Balaban J connectivity index is 1.82. The number of para-hydroxylation sites is 1. The molecule has 2 heteroatoms. The van der Waals surface area contributed by atoms with E-state index in [-0.39, 0.29) is 0 Å². The SMILES string of the molecule is CN1CCc2cccc3c2[C@H]1Cc1cccc(-c2ccccc2O)c1-3. The van der Waals surface area contributed by atoms with Crippen LogP contribution >= 0.6 is 0 Å². The fraction of sp³-hybridized carbons (Fsp3) is 0.217. The number of benzene rings is 3. The highest BCUT2D eigenvalue weighted by Crippen LogP contribution is 2.48. The molecule has 0 unspecified atom stereocenters. The summed E-state index contributed by atoms with van der Waals surface area (Å²) >= 11 is 0. The summed E-state index contributed by atoms with van der Waals surface area (Å²) in [5, 5.41) is 10.4. The van der Waals surface area contributed by atoms with Gasteiger partial charge in [-0.2, -0.15) is 0 Å². The monoisotopic (exact) mass is 327 g/mol. The minimum Gasteiger partial charge on any atom is -0.507 e. The predicted molar refractivity (Wildman–Crippen MR) is 102 cm³/mol. The van der Waals surface area contributed by atoms with Crippen molar-refractivity contribution in [2.75, 3.05) is 13.6 Å². The molecule has 1 aliphatic carbocycles. The second-order valence-electron chi connectivity index (χ2n) is 7.19. The molecule has 1 N–H and O–H groups in total. The molecule has 1 heterocycles. The van der Waals surface area contributed by atoms with Gasteiger partial charge in [0, 0.05) is 18.2 Å². The van der Waals surface area contributed by atoms with Gasteiger partial charge < -0.3 is 5.11 Å². The molecular weight excluding hydrogens is 306 g/mol. The first-order valence-corrected chi connectivity index (χ1v) is 8.96. The van der Waals surface area contributed by atoms with E-state index >= 15 is 0 Å². The summed E-state index contributed by atoms with van der Waals surface area (Å²) in [5.74, 6) is 0.347. The summed E-state index contributed by atoms with van der Waals surface area (Å²) < 4.78 is 0. The molecule has 0 saturated carbocycles. The molecule has 2 aliphatic rings. The number of phenols is 1. The summed E-state index contributed by atoms with van der Waals surface area (Å²) in [5.41, 5.74) is 9.05. The molecule has 5 rings (SSSR count). The summed E-state index contributed by atoms with van der Waals surface area (Å²) in [6.07, 6.45) is 2.15. The third-order valence-corrected chi connectivity index (χ3v) is 5.82. The molecular formula is C23H21NO. The van der Waals surface area contributed by atoms with Crippen molar-refractivity contribution in [1.82, 2.24) is 4.90 Å². The topological polar surface area (TPSA) is 23.5 Å². The lowest BCUT2D eigenvalue weighted by atomic mass is 9.75. The van der Waals surface area contributed by atoms with Crippen LogP contribution in [0.4, 0.5) is 0 Å². The van der Waals surface area contributed by atoms with E-state index in [1.165, 1.54) is 27.8 Å². The number of phenolic OH excluding ortho intramolecular Hbond substituents is 1. The van der Waals surface area contributed by atoms with Gasteiger partial charge in [-0.3, -0.25) is 4.90 Å². The number of fused-ring (bicyclic) bond motifs is 2. The van der Waals surface area contributed by atoms with E-state index in [1.807, 2.05) is 18.2 Å². The van der Waals surface area contributed by atoms with Crippen molar-refractivity contribution in [2.24, 2.45) is 0 Å². The summed E-state index contributed by atoms with van der Waals surface area (Å²) in [7, 11) is 2.24. The van der Waals surface area contributed by atoms with E-state index in [0.717, 1.165) is 30.5 Å². The molecule has 0 saturated heterocycles. The number of nitrogens with zero attached hydrogens (tertiary/aromatic N) is 1. The first-order chi connectivity index (χ1) is 12.2. The molecule has 124 valence electrons. The summed E-state index contributed by atoms with van der Waals surface area (Å²) in [6, 6.07) is 21.4. The van der Waals surface area contributed by atoms with Crippen LogP contribution in [0.5, 0.6) is 5.75 Å². The van der Waals surface area contributed by atoms with Crippen molar-refractivity contribution in [2.45, 2.75) is 18.9 Å². The Kier molecular flexibility index (Phi) is 3.22. The van der Waals surface area contributed by atoms with Crippen molar-refractivity contribution < 1.29 is 5.11 Å². The van der Waals surface area contributed by atoms with Crippen LogP contribution in [-0.4, -0.2) is 23.6 Å². The maximum atomic E-state index is 10.4. The normalized spacial score (nSPS) is 18.5. The molecule has 0 spiro atoms. The second-order valence-corrected chi connectivity index (χ2v) is 7.19. The zero-order chi connectivity index (χ0) is 17.0. The van der Waals surface area contributed by atoms with Gasteiger partial charge in [-0.05, 0) is 59.3 Å². The molecule has 1 aliphatic heterocycles. The number of hydrogen-bond acceptors (Lipinski definition) is 2. The van der Waals surface area contributed by atoms with Crippen LogP contribution in [0.1, 0.15) is 22.7 Å². The number of aromatic hydroxyl groups is 1. The first kappa shape index (κ1) is 14.7. The smallest absolute Gasteiger partial charge is 0.123 e. The largest absolute Gasteiger partial charge is 0.507 e. The van der Waals surface area contributed by atoms with Crippen molar-refractivity contribution in [3.8, 4) is 28.0 Å². The molecule has 25 heavy (non-hydrogen) atoms. The number of hydrogen-bond donors (Lipinski definition) is 1. The van der Waals surface area contributed by atoms with Gasteiger partial charge >= 0.3 is 0 Å². The van der Waals surface area contributed by atoms with E-state index in [4.69, 9.17) is 0 Å². The van der Waals surface area contributed by atoms with Crippen molar-refractivity contribution in [3.05, 3.63) is 77.4 Å². The zero-order valence-corrected chi connectivity index (χ0v) is 14.4. The van der Waals surface area contributed by atoms with Crippen LogP contribution in [-0.2, 0) is 12.8 Å². The van der Waals surface area contributed by atoms with E-state index in [1.54, 1.807) is 6.07 Å². The Morgan fingerprint density at radius 2 is 1.56 bits per heavy atom. The van der Waals surface area contributed by atoms with Crippen LogP contribution in [0.25, 0.3) is 22.3 Å². The van der Waals surface area contributed by atoms with Crippen molar-refractivity contribution >= 4 is 0 Å². The Labute approximate surface area is 148 Å². The second kappa shape index (κ2) is 5.47. The summed E-state index contributed by atoms with van der Waals surface area (Å²) in [4.78, 5) is 2.49. The van der Waals surface area contributed by atoms with Gasteiger partial charge in [-0.1, -0.05) is 54.6 Å². The van der Waals surface area contributed by atoms with Crippen molar-refractivity contribution in [1.29, 1.82) is 0 Å². The molecule has 1 atom stereocenters. The van der Waals surface area contributed by atoms with Gasteiger partial charge in [0.15, 0.2) is 0 Å². The molecule has 3 aromatic carbocycles. The van der Waals surface area contributed by atoms with Crippen molar-refractivity contribution in [3.63, 3.8) is 0 Å². The standard InChI is InChI=1S/C23H21NO/c1-24-13-12-15-6-4-10-19-22-16(14-20(24)23(15)19)7-5-9-18(22)17-8-2-3-11-21(17)25/h2-11,20,25H,12-14H2,1H3/t20-/m1/s1. The van der Waals surface area contributed by atoms with Gasteiger partial charge in [0.1, 0.15) is 5.75 Å². The Hall–Kier alpha value is -2.58. The first-order valence-electron chi connectivity index (χ1n) is 8.96. The Morgan fingerprint density at radius 3 is 2.40 bits per heavy atom. The minimum atomic E-state index is 0.347. The van der Waals surface area contributed by atoms with Crippen LogP contribution in [0, 0.1) is 0 Å². The van der Waals surface area contributed by atoms with E-state index < -0.39 is 0 Å². The van der Waals surface area contributed by atoms with Gasteiger partial charge in [0.2, 0.25) is 0 Å².